The first-order valence-corrected chi connectivity index (χ1v) is 6.68. The summed E-state index contributed by atoms with van der Waals surface area (Å²) in [6.07, 6.45) is -3.12. The molecule has 1 heterocycles. The van der Waals surface area contributed by atoms with Crippen LogP contribution in [0.1, 0.15) is 25.1 Å². The number of alkyl halides is 3. The molecular weight excluding hydrogens is 281 g/mol. The molecule has 6 heteroatoms. The van der Waals surface area contributed by atoms with Gasteiger partial charge in [-0.25, -0.2) is 4.98 Å². The molecule has 1 aromatic carbocycles. The Morgan fingerprint density at radius 2 is 2.05 bits per heavy atom. The second-order valence-electron chi connectivity index (χ2n) is 5.23. The maximum absolute atomic E-state index is 12.7. The van der Waals surface area contributed by atoms with Crippen LogP contribution < -0.4 is 5.32 Å². The first-order chi connectivity index (χ1) is 9.88. The molecule has 0 radical (unpaired) electrons. The van der Waals surface area contributed by atoms with Crippen LogP contribution in [0.2, 0.25) is 0 Å². The maximum Gasteiger partial charge on any atom is 0.416 e. The number of halogens is 3. The van der Waals surface area contributed by atoms with Crippen molar-refractivity contribution in [2.75, 3.05) is 6.54 Å². The van der Waals surface area contributed by atoms with Gasteiger partial charge in [0.1, 0.15) is 5.69 Å². The van der Waals surface area contributed by atoms with E-state index in [1.807, 2.05) is 0 Å². The zero-order valence-corrected chi connectivity index (χ0v) is 11.9. The van der Waals surface area contributed by atoms with Crippen LogP contribution in [0, 0.1) is 5.92 Å². The second kappa shape index (κ2) is 6.30. The van der Waals surface area contributed by atoms with E-state index < -0.39 is 11.7 Å². The highest BCUT2D eigenvalue weighted by Crippen LogP contribution is 2.32. The third-order valence-corrected chi connectivity index (χ3v) is 2.94. The van der Waals surface area contributed by atoms with Gasteiger partial charge in [-0.15, -0.1) is 0 Å². The average Bonchev–Trinajstić information content (AvgIpc) is 2.86. The highest BCUT2D eigenvalue weighted by atomic mass is 19.4. The molecule has 21 heavy (non-hydrogen) atoms. The molecule has 0 atom stereocenters. The van der Waals surface area contributed by atoms with Crippen molar-refractivity contribution in [2.24, 2.45) is 5.92 Å². The molecule has 0 spiro atoms. The SMILES string of the molecule is CC(C)CNCc1ncoc1-c1cccc(C(F)(F)F)c1. The van der Waals surface area contributed by atoms with E-state index in [4.69, 9.17) is 4.42 Å². The largest absolute Gasteiger partial charge is 0.443 e. The van der Waals surface area contributed by atoms with Gasteiger partial charge >= 0.3 is 6.18 Å². The lowest BCUT2D eigenvalue weighted by Gasteiger charge is -2.09. The number of rotatable bonds is 5. The van der Waals surface area contributed by atoms with Crippen LogP contribution in [-0.2, 0) is 12.7 Å². The quantitative estimate of drug-likeness (QED) is 0.903. The Balaban J connectivity index is 2.21. The molecule has 0 aliphatic heterocycles. The van der Waals surface area contributed by atoms with Gasteiger partial charge in [-0.05, 0) is 24.6 Å². The maximum atomic E-state index is 12.7. The van der Waals surface area contributed by atoms with Gasteiger partial charge in [-0.1, -0.05) is 26.0 Å². The third-order valence-electron chi connectivity index (χ3n) is 2.94. The van der Waals surface area contributed by atoms with Crippen LogP contribution in [0.5, 0.6) is 0 Å². The molecule has 2 aromatic rings. The summed E-state index contributed by atoms with van der Waals surface area (Å²) in [6.45, 7) is 5.40. The van der Waals surface area contributed by atoms with E-state index in [1.165, 1.54) is 12.5 Å². The van der Waals surface area contributed by atoms with Crippen LogP contribution in [0.4, 0.5) is 13.2 Å². The Morgan fingerprint density at radius 3 is 2.71 bits per heavy atom. The summed E-state index contributed by atoms with van der Waals surface area (Å²) in [5.41, 5.74) is 0.288. The highest BCUT2D eigenvalue weighted by Gasteiger charge is 2.30. The van der Waals surface area contributed by atoms with E-state index in [2.05, 4.69) is 24.1 Å². The molecular formula is C15H17F3N2O. The fourth-order valence-electron chi connectivity index (χ4n) is 1.95. The van der Waals surface area contributed by atoms with E-state index in [9.17, 15) is 13.2 Å². The van der Waals surface area contributed by atoms with Crippen LogP contribution in [-0.4, -0.2) is 11.5 Å². The zero-order valence-electron chi connectivity index (χ0n) is 11.9. The van der Waals surface area contributed by atoms with Gasteiger partial charge in [0.2, 0.25) is 0 Å². The molecule has 0 amide bonds. The topological polar surface area (TPSA) is 38.1 Å². The number of hydrogen-bond acceptors (Lipinski definition) is 3. The zero-order chi connectivity index (χ0) is 15.5. The van der Waals surface area contributed by atoms with Crippen molar-refractivity contribution in [1.29, 1.82) is 0 Å². The molecule has 1 aromatic heterocycles. The van der Waals surface area contributed by atoms with Gasteiger partial charge in [-0.2, -0.15) is 13.2 Å². The van der Waals surface area contributed by atoms with E-state index >= 15 is 0 Å². The van der Waals surface area contributed by atoms with Crippen molar-refractivity contribution in [3.8, 4) is 11.3 Å². The summed E-state index contributed by atoms with van der Waals surface area (Å²) in [4.78, 5) is 4.07. The Hall–Kier alpha value is -1.82. The average molecular weight is 298 g/mol. The van der Waals surface area contributed by atoms with Gasteiger partial charge in [0, 0.05) is 12.1 Å². The number of nitrogens with one attached hydrogen (secondary N) is 1. The minimum atomic E-state index is -4.37. The van der Waals surface area contributed by atoms with Crippen molar-refractivity contribution >= 4 is 0 Å². The van der Waals surface area contributed by atoms with Crippen molar-refractivity contribution in [2.45, 2.75) is 26.6 Å². The molecule has 0 saturated carbocycles. The van der Waals surface area contributed by atoms with Crippen LogP contribution in [0.25, 0.3) is 11.3 Å². The van der Waals surface area contributed by atoms with Gasteiger partial charge in [0.25, 0.3) is 0 Å². The standard InChI is InChI=1S/C15H17F3N2O/c1-10(2)7-19-8-13-14(21-9-20-13)11-4-3-5-12(6-11)15(16,17)18/h3-6,9-10,19H,7-8H2,1-2H3. The van der Waals surface area contributed by atoms with Crippen molar-refractivity contribution in [1.82, 2.24) is 10.3 Å². The summed E-state index contributed by atoms with van der Waals surface area (Å²) in [6, 6.07) is 5.07. The summed E-state index contributed by atoms with van der Waals surface area (Å²) < 4.78 is 43.5. The van der Waals surface area contributed by atoms with Gasteiger partial charge in [-0.3, -0.25) is 0 Å². The number of hydrogen-bond donors (Lipinski definition) is 1. The lowest BCUT2D eigenvalue weighted by atomic mass is 10.1. The fraction of sp³-hybridized carbons (Fsp3) is 0.400. The Labute approximate surface area is 121 Å². The molecule has 114 valence electrons. The van der Waals surface area contributed by atoms with Crippen LogP contribution >= 0.6 is 0 Å². The predicted molar refractivity (Wildman–Crippen MR) is 73.5 cm³/mol. The molecule has 1 N–H and O–H groups in total. The molecule has 3 nitrogen and oxygen atoms in total. The van der Waals surface area contributed by atoms with Crippen LogP contribution in [0.3, 0.4) is 0 Å². The molecule has 0 saturated heterocycles. The molecule has 0 fully saturated rings. The first-order valence-electron chi connectivity index (χ1n) is 6.68. The van der Waals surface area contributed by atoms with E-state index in [0.717, 1.165) is 18.7 Å². The Morgan fingerprint density at radius 1 is 1.29 bits per heavy atom. The highest BCUT2D eigenvalue weighted by molar-refractivity contribution is 5.60. The molecule has 0 unspecified atom stereocenters. The van der Waals surface area contributed by atoms with E-state index in [-0.39, 0.29) is 0 Å². The smallest absolute Gasteiger partial charge is 0.416 e. The number of nitrogens with zero attached hydrogens (tertiary/aromatic N) is 1. The van der Waals surface area contributed by atoms with Crippen LogP contribution in [0.15, 0.2) is 35.1 Å². The lowest BCUT2D eigenvalue weighted by molar-refractivity contribution is -0.137. The minimum absolute atomic E-state index is 0.373. The van der Waals surface area contributed by atoms with Gasteiger partial charge < -0.3 is 9.73 Å². The predicted octanol–water partition coefficient (Wildman–Crippen LogP) is 4.11. The number of oxazole rings is 1. The van der Waals surface area contributed by atoms with Gasteiger partial charge in [0.05, 0.1) is 5.56 Å². The van der Waals surface area contributed by atoms with Crippen molar-refractivity contribution < 1.29 is 17.6 Å². The Bertz CT molecular complexity index is 591. The minimum Gasteiger partial charge on any atom is -0.443 e. The number of aromatic nitrogens is 1. The van der Waals surface area contributed by atoms with E-state index in [0.29, 0.717) is 29.5 Å². The number of benzene rings is 1. The molecule has 0 bridgehead atoms. The molecule has 2 rings (SSSR count). The first kappa shape index (κ1) is 15.6. The summed E-state index contributed by atoms with van der Waals surface area (Å²) >= 11 is 0. The van der Waals surface area contributed by atoms with Crippen molar-refractivity contribution in [3.05, 3.63) is 41.9 Å². The fourth-order valence-corrected chi connectivity index (χ4v) is 1.95. The normalized spacial score (nSPS) is 12.1. The van der Waals surface area contributed by atoms with Gasteiger partial charge in [0.15, 0.2) is 12.2 Å². The lowest BCUT2D eigenvalue weighted by Crippen LogP contribution is -2.19. The van der Waals surface area contributed by atoms with E-state index in [1.54, 1.807) is 6.07 Å². The second-order valence-corrected chi connectivity index (χ2v) is 5.23. The summed E-state index contributed by atoms with van der Waals surface area (Å²) in [7, 11) is 0. The molecule has 0 aliphatic carbocycles. The third kappa shape index (κ3) is 4.07. The summed E-state index contributed by atoms with van der Waals surface area (Å²) in [5.74, 6) is 0.853. The molecule has 0 aliphatic rings. The van der Waals surface area contributed by atoms with Crippen molar-refractivity contribution in [3.63, 3.8) is 0 Å². The monoisotopic (exact) mass is 298 g/mol. The summed E-state index contributed by atoms with van der Waals surface area (Å²) in [5, 5.41) is 3.20. The Kier molecular flexibility index (Phi) is 4.67.